The minimum Gasteiger partial charge on any atom is -0.316 e. The Labute approximate surface area is 93.6 Å². The molecule has 1 N–H and O–H groups in total. The highest BCUT2D eigenvalue weighted by molar-refractivity contribution is 6.20. The molecule has 1 aliphatic rings. The topological polar surface area (TPSA) is 12.0 Å². The van der Waals surface area contributed by atoms with Gasteiger partial charge < -0.3 is 5.32 Å². The predicted octanol–water partition coefficient (Wildman–Crippen LogP) is 3.42. The molecule has 0 aromatic rings. The van der Waals surface area contributed by atoms with Crippen LogP contribution in [0.3, 0.4) is 0 Å². The van der Waals surface area contributed by atoms with Gasteiger partial charge in [0.2, 0.25) is 0 Å². The van der Waals surface area contributed by atoms with Crippen molar-refractivity contribution in [2.75, 3.05) is 13.1 Å². The lowest BCUT2D eigenvalue weighted by Crippen LogP contribution is -2.28. The molecule has 1 saturated carbocycles. The molecular formula is C12H24ClN. The zero-order chi connectivity index (χ0) is 10.4. The lowest BCUT2D eigenvalue weighted by Gasteiger charge is -2.25. The summed E-state index contributed by atoms with van der Waals surface area (Å²) < 4.78 is 0. The molecule has 0 aromatic carbocycles. The van der Waals surface area contributed by atoms with Crippen LogP contribution in [0.15, 0.2) is 0 Å². The molecule has 2 atom stereocenters. The van der Waals surface area contributed by atoms with Crippen molar-refractivity contribution < 1.29 is 0 Å². The van der Waals surface area contributed by atoms with Crippen LogP contribution < -0.4 is 5.32 Å². The minimum absolute atomic E-state index is 0.445. The van der Waals surface area contributed by atoms with E-state index >= 15 is 0 Å². The first-order valence-corrected chi connectivity index (χ1v) is 6.47. The number of hydrogen-bond acceptors (Lipinski definition) is 1. The fraction of sp³-hybridized carbons (Fsp3) is 1.00. The molecule has 14 heavy (non-hydrogen) atoms. The van der Waals surface area contributed by atoms with E-state index in [2.05, 4.69) is 19.2 Å². The number of hydrogen-bond donors (Lipinski definition) is 1. The molecule has 0 heterocycles. The molecule has 2 unspecified atom stereocenters. The molecule has 1 aliphatic carbocycles. The number of nitrogens with one attached hydrogen (secondary N) is 1. The van der Waals surface area contributed by atoms with Crippen LogP contribution in [0.1, 0.15) is 46.0 Å². The van der Waals surface area contributed by atoms with Gasteiger partial charge in [0.25, 0.3) is 0 Å². The number of rotatable bonds is 5. The average Bonchev–Trinajstić information content (AvgIpc) is 2.12. The van der Waals surface area contributed by atoms with Crippen LogP contribution in [-0.4, -0.2) is 18.5 Å². The average molecular weight is 218 g/mol. The monoisotopic (exact) mass is 217 g/mol. The summed E-state index contributed by atoms with van der Waals surface area (Å²) >= 11 is 6.15. The molecule has 1 nitrogen and oxygen atoms in total. The van der Waals surface area contributed by atoms with Gasteiger partial charge in [-0.25, -0.2) is 0 Å². The van der Waals surface area contributed by atoms with E-state index in [1.807, 2.05) is 0 Å². The molecule has 0 spiro atoms. The maximum Gasteiger partial charge on any atom is 0.0339 e. The zero-order valence-corrected chi connectivity index (χ0v) is 10.3. The molecule has 0 bridgehead atoms. The first-order chi connectivity index (χ1) is 6.68. The van der Waals surface area contributed by atoms with Crippen molar-refractivity contribution in [1.29, 1.82) is 0 Å². The van der Waals surface area contributed by atoms with E-state index in [1.54, 1.807) is 0 Å². The lowest BCUT2D eigenvalue weighted by molar-refractivity contribution is 0.343. The highest BCUT2D eigenvalue weighted by atomic mass is 35.5. The first-order valence-electron chi connectivity index (χ1n) is 6.03. The van der Waals surface area contributed by atoms with Crippen LogP contribution in [0.2, 0.25) is 0 Å². The molecular weight excluding hydrogens is 194 g/mol. The van der Waals surface area contributed by atoms with Gasteiger partial charge in [-0.15, -0.1) is 11.6 Å². The van der Waals surface area contributed by atoms with Crippen molar-refractivity contribution in [2.24, 2.45) is 11.8 Å². The first kappa shape index (κ1) is 12.3. The second kappa shape index (κ2) is 6.68. The summed E-state index contributed by atoms with van der Waals surface area (Å²) in [7, 11) is 0. The van der Waals surface area contributed by atoms with Gasteiger partial charge in [-0.05, 0) is 50.6 Å². The fourth-order valence-electron chi connectivity index (χ4n) is 2.11. The van der Waals surface area contributed by atoms with Gasteiger partial charge in [0.05, 0.1) is 0 Å². The Balaban J connectivity index is 2.00. The van der Waals surface area contributed by atoms with Gasteiger partial charge >= 0.3 is 0 Å². The van der Waals surface area contributed by atoms with Crippen molar-refractivity contribution >= 4 is 11.6 Å². The van der Waals surface area contributed by atoms with E-state index in [1.165, 1.54) is 45.2 Å². The maximum absolute atomic E-state index is 6.15. The van der Waals surface area contributed by atoms with E-state index < -0.39 is 0 Å². The standard InChI is InChI=1S/C12H24ClN/c1-10(2)6-7-14-9-11-4-3-5-12(13)8-11/h10-12,14H,3-9H2,1-2H3. The van der Waals surface area contributed by atoms with Crippen molar-refractivity contribution in [3.05, 3.63) is 0 Å². The van der Waals surface area contributed by atoms with Crippen LogP contribution in [-0.2, 0) is 0 Å². The molecule has 2 heteroatoms. The maximum atomic E-state index is 6.15. The highest BCUT2D eigenvalue weighted by Crippen LogP contribution is 2.27. The van der Waals surface area contributed by atoms with E-state index in [9.17, 15) is 0 Å². The Bertz CT molecular complexity index is 147. The summed E-state index contributed by atoms with van der Waals surface area (Å²) in [5.74, 6) is 1.65. The van der Waals surface area contributed by atoms with Crippen LogP contribution >= 0.6 is 11.6 Å². The summed E-state index contributed by atoms with van der Waals surface area (Å²) in [4.78, 5) is 0. The van der Waals surface area contributed by atoms with E-state index in [4.69, 9.17) is 11.6 Å². The normalized spacial score (nSPS) is 28.3. The Kier molecular flexibility index (Phi) is 5.88. The Morgan fingerprint density at radius 1 is 1.36 bits per heavy atom. The van der Waals surface area contributed by atoms with E-state index in [0.29, 0.717) is 5.38 Å². The smallest absolute Gasteiger partial charge is 0.0339 e. The fourth-order valence-corrected chi connectivity index (χ4v) is 2.51. The Morgan fingerprint density at radius 2 is 2.14 bits per heavy atom. The summed E-state index contributed by atoms with van der Waals surface area (Å²) in [6, 6.07) is 0. The summed E-state index contributed by atoms with van der Waals surface area (Å²) in [5.41, 5.74) is 0. The Hall–Kier alpha value is 0.250. The van der Waals surface area contributed by atoms with Gasteiger partial charge in [0, 0.05) is 5.38 Å². The molecule has 0 amide bonds. The summed E-state index contributed by atoms with van der Waals surface area (Å²) in [6.07, 6.45) is 6.43. The molecule has 0 radical (unpaired) electrons. The summed E-state index contributed by atoms with van der Waals surface area (Å²) in [6.45, 7) is 6.89. The van der Waals surface area contributed by atoms with Crippen LogP contribution in [0.4, 0.5) is 0 Å². The van der Waals surface area contributed by atoms with Crippen LogP contribution in [0.5, 0.6) is 0 Å². The third-order valence-electron chi connectivity index (χ3n) is 3.05. The van der Waals surface area contributed by atoms with E-state index in [0.717, 1.165) is 11.8 Å². The quantitative estimate of drug-likeness (QED) is 0.550. The summed E-state index contributed by atoms with van der Waals surface area (Å²) in [5, 5.41) is 3.99. The van der Waals surface area contributed by atoms with Crippen molar-refractivity contribution in [3.63, 3.8) is 0 Å². The van der Waals surface area contributed by atoms with Crippen LogP contribution in [0.25, 0.3) is 0 Å². The highest BCUT2D eigenvalue weighted by Gasteiger charge is 2.19. The molecule has 0 aromatic heterocycles. The number of halogens is 1. The molecule has 0 aliphatic heterocycles. The molecule has 0 saturated heterocycles. The lowest BCUT2D eigenvalue weighted by atomic mass is 9.89. The van der Waals surface area contributed by atoms with Crippen LogP contribution in [0, 0.1) is 11.8 Å². The second-order valence-electron chi connectivity index (χ2n) is 5.02. The second-order valence-corrected chi connectivity index (χ2v) is 5.63. The Morgan fingerprint density at radius 3 is 2.79 bits per heavy atom. The molecule has 1 fully saturated rings. The molecule has 84 valence electrons. The van der Waals surface area contributed by atoms with Gasteiger partial charge in [-0.2, -0.15) is 0 Å². The van der Waals surface area contributed by atoms with Gasteiger partial charge in [0.15, 0.2) is 0 Å². The molecule has 1 rings (SSSR count). The number of alkyl halides is 1. The largest absolute Gasteiger partial charge is 0.316 e. The predicted molar refractivity (Wildman–Crippen MR) is 63.9 cm³/mol. The van der Waals surface area contributed by atoms with E-state index in [-0.39, 0.29) is 0 Å². The SMILES string of the molecule is CC(C)CCNCC1CCCC(Cl)C1. The minimum atomic E-state index is 0.445. The van der Waals surface area contributed by atoms with Gasteiger partial charge in [0.1, 0.15) is 0 Å². The third-order valence-corrected chi connectivity index (χ3v) is 3.45. The van der Waals surface area contributed by atoms with Gasteiger partial charge in [-0.3, -0.25) is 0 Å². The third kappa shape index (κ3) is 5.21. The van der Waals surface area contributed by atoms with Crippen molar-refractivity contribution in [1.82, 2.24) is 5.32 Å². The zero-order valence-electron chi connectivity index (χ0n) is 9.56. The van der Waals surface area contributed by atoms with Crippen molar-refractivity contribution in [3.8, 4) is 0 Å². The van der Waals surface area contributed by atoms with Crippen molar-refractivity contribution in [2.45, 2.75) is 51.3 Å². The van der Waals surface area contributed by atoms with Gasteiger partial charge in [-0.1, -0.05) is 20.3 Å².